The van der Waals surface area contributed by atoms with Crippen molar-refractivity contribution in [2.45, 2.75) is 26.1 Å². The van der Waals surface area contributed by atoms with Crippen LogP contribution in [-0.2, 0) is 13.1 Å². The van der Waals surface area contributed by atoms with Crippen LogP contribution in [0.3, 0.4) is 0 Å². The number of aromatic nitrogens is 2. The van der Waals surface area contributed by atoms with Gasteiger partial charge in [0.25, 0.3) is 5.91 Å². The minimum Gasteiger partial charge on any atom is -0.345 e. The Labute approximate surface area is 129 Å². The summed E-state index contributed by atoms with van der Waals surface area (Å²) in [6.45, 7) is 3.49. The molecule has 4 heteroatoms. The van der Waals surface area contributed by atoms with Gasteiger partial charge in [-0.3, -0.25) is 9.78 Å². The van der Waals surface area contributed by atoms with Crippen molar-refractivity contribution in [1.82, 2.24) is 14.5 Å². The molecule has 0 saturated carbocycles. The molecule has 0 unspecified atom stereocenters. The first kappa shape index (κ1) is 13.1. The van der Waals surface area contributed by atoms with E-state index in [1.54, 1.807) is 6.20 Å². The van der Waals surface area contributed by atoms with E-state index in [9.17, 15) is 4.79 Å². The number of pyridine rings is 1. The first-order chi connectivity index (χ1) is 10.7. The fourth-order valence-electron chi connectivity index (χ4n) is 3.19. The average Bonchev–Trinajstić information content (AvgIpc) is 3.10. The Balaban J connectivity index is 1.59. The van der Waals surface area contributed by atoms with Gasteiger partial charge >= 0.3 is 0 Å². The zero-order valence-electron chi connectivity index (χ0n) is 12.4. The van der Waals surface area contributed by atoms with Crippen LogP contribution in [0.4, 0.5) is 0 Å². The van der Waals surface area contributed by atoms with Crippen molar-refractivity contribution < 1.29 is 4.79 Å². The number of amides is 1. The summed E-state index contributed by atoms with van der Waals surface area (Å²) in [6, 6.07) is 14.2. The Kier molecular flexibility index (Phi) is 2.96. The van der Waals surface area contributed by atoms with E-state index in [-0.39, 0.29) is 11.9 Å². The van der Waals surface area contributed by atoms with Crippen molar-refractivity contribution >= 4 is 16.8 Å². The van der Waals surface area contributed by atoms with E-state index in [0.717, 1.165) is 17.8 Å². The lowest BCUT2D eigenvalue weighted by Gasteiger charge is -2.24. The smallest absolute Gasteiger partial charge is 0.256 e. The lowest BCUT2D eigenvalue weighted by molar-refractivity contribution is 0.0702. The van der Waals surface area contributed by atoms with E-state index >= 15 is 0 Å². The Morgan fingerprint density at radius 3 is 2.91 bits per heavy atom. The molecule has 1 aliphatic heterocycles. The molecule has 2 aromatic heterocycles. The topological polar surface area (TPSA) is 38.1 Å². The van der Waals surface area contributed by atoms with Gasteiger partial charge in [-0.05, 0) is 36.6 Å². The fourth-order valence-corrected chi connectivity index (χ4v) is 3.19. The van der Waals surface area contributed by atoms with Gasteiger partial charge < -0.3 is 9.47 Å². The molecule has 3 aromatic rings. The second-order valence-electron chi connectivity index (χ2n) is 5.81. The monoisotopic (exact) mass is 291 g/mol. The Morgan fingerprint density at radius 1 is 1.18 bits per heavy atom. The van der Waals surface area contributed by atoms with Crippen LogP contribution in [0.25, 0.3) is 10.9 Å². The van der Waals surface area contributed by atoms with Gasteiger partial charge in [0.2, 0.25) is 0 Å². The van der Waals surface area contributed by atoms with Crippen LogP contribution in [0.5, 0.6) is 0 Å². The van der Waals surface area contributed by atoms with Crippen molar-refractivity contribution in [2.75, 3.05) is 0 Å². The van der Waals surface area contributed by atoms with Gasteiger partial charge in [0.1, 0.15) is 0 Å². The highest BCUT2D eigenvalue weighted by Gasteiger charge is 2.31. The van der Waals surface area contributed by atoms with Crippen LogP contribution in [0.15, 0.2) is 54.9 Å². The minimum atomic E-state index is 0.0899. The van der Waals surface area contributed by atoms with Crippen molar-refractivity contribution in [3.8, 4) is 0 Å². The SMILES string of the molecule is C[C@H](Cn1ccc2ccccc21)N1Cc2ncccc2C1=O. The number of nitrogens with zero attached hydrogens (tertiary/aromatic N) is 3. The van der Waals surface area contributed by atoms with Gasteiger partial charge in [0, 0.05) is 30.5 Å². The van der Waals surface area contributed by atoms with Gasteiger partial charge in [0.05, 0.1) is 17.8 Å². The molecule has 4 rings (SSSR count). The molecule has 22 heavy (non-hydrogen) atoms. The summed E-state index contributed by atoms with van der Waals surface area (Å²) in [5.74, 6) is 0.0899. The highest BCUT2D eigenvalue weighted by atomic mass is 16.2. The standard InChI is InChI=1S/C18H17N3O/c1-13(11-20-10-8-14-5-2-3-7-17(14)20)21-12-16-15(18(21)22)6-4-9-19-16/h2-10,13H,11-12H2,1H3/t13-/m1/s1. The molecule has 4 nitrogen and oxygen atoms in total. The van der Waals surface area contributed by atoms with Crippen LogP contribution in [0.1, 0.15) is 23.0 Å². The molecule has 0 radical (unpaired) electrons. The van der Waals surface area contributed by atoms with Gasteiger partial charge in [0.15, 0.2) is 0 Å². The molecule has 3 heterocycles. The predicted molar refractivity (Wildman–Crippen MR) is 85.5 cm³/mol. The second kappa shape index (κ2) is 4.98. The molecule has 1 aromatic carbocycles. The fraction of sp³-hybridized carbons (Fsp3) is 0.222. The number of para-hydroxylation sites is 1. The van der Waals surface area contributed by atoms with Crippen molar-refractivity contribution in [1.29, 1.82) is 0 Å². The van der Waals surface area contributed by atoms with Crippen molar-refractivity contribution in [3.63, 3.8) is 0 Å². The number of rotatable bonds is 3. The van der Waals surface area contributed by atoms with Gasteiger partial charge in [-0.1, -0.05) is 18.2 Å². The highest BCUT2D eigenvalue weighted by molar-refractivity contribution is 5.97. The summed E-state index contributed by atoms with van der Waals surface area (Å²) < 4.78 is 2.21. The number of benzene rings is 1. The molecular weight excluding hydrogens is 274 g/mol. The third-order valence-electron chi connectivity index (χ3n) is 4.37. The zero-order valence-corrected chi connectivity index (χ0v) is 12.4. The summed E-state index contributed by atoms with van der Waals surface area (Å²) in [4.78, 5) is 18.7. The molecule has 0 fully saturated rings. The molecule has 0 spiro atoms. The van der Waals surface area contributed by atoms with Crippen LogP contribution in [0.2, 0.25) is 0 Å². The lowest BCUT2D eigenvalue weighted by Crippen LogP contribution is -2.36. The van der Waals surface area contributed by atoms with E-state index < -0.39 is 0 Å². The van der Waals surface area contributed by atoms with E-state index in [4.69, 9.17) is 0 Å². The summed E-state index contributed by atoms with van der Waals surface area (Å²) in [5.41, 5.74) is 2.83. The normalized spacial score (nSPS) is 15.3. The molecule has 0 aliphatic carbocycles. The average molecular weight is 291 g/mol. The Hall–Kier alpha value is -2.62. The van der Waals surface area contributed by atoms with Crippen LogP contribution in [-0.4, -0.2) is 26.4 Å². The van der Waals surface area contributed by atoms with E-state index in [1.165, 1.54) is 10.9 Å². The quantitative estimate of drug-likeness (QED) is 0.744. The number of carbonyl (C=O) groups excluding carboxylic acids is 1. The zero-order chi connectivity index (χ0) is 15.1. The number of hydrogen-bond donors (Lipinski definition) is 0. The van der Waals surface area contributed by atoms with Gasteiger partial charge in [-0.25, -0.2) is 0 Å². The molecule has 110 valence electrons. The molecular formula is C18H17N3O. The van der Waals surface area contributed by atoms with Crippen molar-refractivity contribution in [3.05, 3.63) is 66.1 Å². The Morgan fingerprint density at radius 2 is 2.05 bits per heavy atom. The lowest BCUT2D eigenvalue weighted by atomic mass is 10.2. The van der Waals surface area contributed by atoms with Crippen LogP contribution in [0, 0.1) is 0 Å². The first-order valence-electron chi connectivity index (χ1n) is 7.53. The molecule has 1 aliphatic rings. The van der Waals surface area contributed by atoms with Gasteiger partial charge in [-0.2, -0.15) is 0 Å². The van der Waals surface area contributed by atoms with Crippen LogP contribution >= 0.6 is 0 Å². The number of carbonyl (C=O) groups is 1. The maximum Gasteiger partial charge on any atom is 0.256 e. The van der Waals surface area contributed by atoms with E-state index in [0.29, 0.717) is 6.54 Å². The van der Waals surface area contributed by atoms with E-state index in [1.807, 2.05) is 29.2 Å². The van der Waals surface area contributed by atoms with E-state index in [2.05, 4.69) is 40.9 Å². The second-order valence-corrected chi connectivity index (χ2v) is 5.81. The predicted octanol–water partition coefficient (Wildman–Crippen LogP) is 3.08. The molecule has 0 N–H and O–H groups in total. The maximum atomic E-state index is 12.5. The molecule has 1 atom stereocenters. The van der Waals surface area contributed by atoms with Crippen LogP contribution < -0.4 is 0 Å². The molecule has 0 saturated heterocycles. The molecule has 1 amide bonds. The largest absolute Gasteiger partial charge is 0.345 e. The summed E-state index contributed by atoms with van der Waals surface area (Å²) in [7, 11) is 0. The van der Waals surface area contributed by atoms with Crippen molar-refractivity contribution in [2.24, 2.45) is 0 Å². The van der Waals surface area contributed by atoms with Gasteiger partial charge in [-0.15, -0.1) is 0 Å². The number of hydrogen-bond acceptors (Lipinski definition) is 2. The Bertz CT molecular complexity index is 852. The first-order valence-corrected chi connectivity index (χ1v) is 7.53. The number of fused-ring (bicyclic) bond motifs is 2. The summed E-state index contributed by atoms with van der Waals surface area (Å²) in [5, 5.41) is 1.23. The minimum absolute atomic E-state index is 0.0899. The third kappa shape index (κ3) is 1.99. The summed E-state index contributed by atoms with van der Waals surface area (Å²) in [6.07, 6.45) is 3.84. The molecule has 0 bridgehead atoms. The summed E-state index contributed by atoms with van der Waals surface area (Å²) >= 11 is 0. The maximum absolute atomic E-state index is 12.5. The highest BCUT2D eigenvalue weighted by Crippen LogP contribution is 2.24. The third-order valence-corrected chi connectivity index (χ3v) is 4.37.